The van der Waals surface area contributed by atoms with E-state index in [0.29, 0.717) is 12.2 Å². The predicted octanol–water partition coefficient (Wildman–Crippen LogP) is 6.23. The Bertz CT molecular complexity index is 1410. The van der Waals surface area contributed by atoms with Crippen LogP contribution in [-0.4, -0.2) is 56.2 Å². The molecule has 0 radical (unpaired) electrons. The third kappa shape index (κ3) is 9.26. The molecule has 1 heterocycles. The van der Waals surface area contributed by atoms with E-state index in [9.17, 15) is 22.0 Å². The monoisotopic (exact) mass is 584 g/mol. The van der Waals surface area contributed by atoms with Gasteiger partial charge in [-0.25, -0.2) is 22.0 Å². The van der Waals surface area contributed by atoms with E-state index >= 15 is 0 Å². The largest absolute Gasteiger partial charge is 0.322 e. The molecule has 41 heavy (non-hydrogen) atoms. The van der Waals surface area contributed by atoms with Crippen molar-refractivity contribution in [3.8, 4) is 0 Å². The number of nitrogens with zero attached hydrogens (tertiary/aromatic N) is 2. The number of sulfonamides is 1. The second-order valence-corrected chi connectivity index (χ2v) is 12.4. The first-order valence-electron chi connectivity index (χ1n) is 14.0. The summed E-state index contributed by atoms with van der Waals surface area (Å²) in [5.41, 5.74) is 4.02. The Hall–Kier alpha value is -3.50. The van der Waals surface area contributed by atoms with Gasteiger partial charge in [-0.3, -0.25) is 9.62 Å². The molecule has 220 valence electrons. The van der Waals surface area contributed by atoms with Crippen molar-refractivity contribution in [2.45, 2.75) is 51.6 Å². The van der Waals surface area contributed by atoms with Crippen LogP contribution >= 0.6 is 0 Å². The van der Waals surface area contributed by atoms with Gasteiger partial charge in [-0.15, -0.1) is 0 Å². The van der Waals surface area contributed by atoms with Crippen LogP contribution in [0.5, 0.6) is 0 Å². The number of carbonyl (C=O) groups excluding carboxylic acids is 1. The number of unbranched alkanes of at least 4 members (excludes halogenated alkanes) is 1. The summed E-state index contributed by atoms with van der Waals surface area (Å²) in [4.78, 5) is 17.3. The molecule has 3 aromatic rings. The van der Waals surface area contributed by atoms with E-state index in [4.69, 9.17) is 0 Å². The maximum Gasteiger partial charge on any atom is 0.322 e. The fraction of sp³-hybridized carbons (Fsp3) is 0.387. The molecule has 0 aromatic heterocycles. The van der Waals surface area contributed by atoms with Gasteiger partial charge in [0.05, 0.1) is 11.9 Å². The number of anilines is 2. The molecule has 0 atom stereocenters. The van der Waals surface area contributed by atoms with Gasteiger partial charge >= 0.3 is 6.03 Å². The number of nitrogens with one attached hydrogen (secondary N) is 2. The number of urea groups is 1. The number of amides is 2. The van der Waals surface area contributed by atoms with Crippen molar-refractivity contribution in [1.29, 1.82) is 0 Å². The van der Waals surface area contributed by atoms with Crippen molar-refractivity contribution < 1.29 is 22.0 Å². The SMILES string of the molecule is CCCCN(C(=O)Nc1ccc(F)cc1F)C1CCN(Cc2ccc(Cc3ccc(NS(C)(=O)=O)cc3)cc2)CC1. The number of piperidine rings is 1. The lowest BCUT2D eigenvalue weighted by molar-refractivity contribution is 0.122. The second-order valence-electron chi connectivity index (χ2n) is 10.7. The number of rotatable bonds is 11. The van der Waals surface area contributed by atoms with Crippen molar-refractivity contribution in [3.63, 3.8) is 0 Å². The highest BCUT2D eigenvalue weighted by molar-refractivity contribution is 7.92. The molecule has 0 unspecified atom stereocenters. The molecule has 0 saturated carbocycles. The van der Waals surface area contributed by atoms with E-state index in [0.717, 1.165) is 75.7 Å². The van der Waals surface area contributed by atoms with Crippen molar-refractivity contribution in [3.05, 3.63) is 95.1 Å². The first kappa shape index (κ1) is 30.5. The standard InChI is InChI=1S/C31H38F2N4O3S/c1-3-4-17-37(31(38)34-30-14-11-26(32)21-29(30)33)28-15-18-36(19-16-28)22-25-7-5-23(6-8-25)20-24-9-12-27(13-10-24)35-41(2,39)40/h5-14,21,28,35H,3-4,15-20,22H2,1-2H3,(H,34,38). The molecule has 4 rings (SSSR count). The first-order chi connectivity index (χ1) is 19.6. The lowest BCUT2D eigenvalue weighted by Gasteiger charge is -2.38. The Labute approximate surface area is 241 Å². The zero-order chi connectivity index (χ0) is 29.4. The van der Waals surface area contributed by atoms with Gasteiger partial charge in [0.15, 0.2) is 0 Å². The van der Waals surface area contributed by atoms with E-state index in [1.165, 1.54) is 17.2 Å². The molecule has 2 N–H and O–H groups in total. The first-order valence-corrected chi connectivity index (χ1v) is 15.9. The number of likely N-dealkylation sites (tertiary alicyclic amines) is 1. The number of hydrogen-bond donors (Lipinski definition) is 2. The smallest absolute Gasteiger partial charge is 0.321 e. The summed E-state index contributed by atoms with van der Waals surface area (Å²) in [7, 11) is -3.29. The molecule has 0 spiro atoms. The fourth-order valence-electron chi connectivity index (χ4n) is 5.11. The summed E-state index contributed by atoms with van der Waals surface area (Å²) < 4.78 is 52.6. The number of benzene rings is 3. The lowest BCUT2D eigenvalue weighted by atomic mass is 10.0. The highest BCUT2D eigenvalue weighted by Gasteiger charge is 2.28. The van der Waals surface area contributed by atoms with Gasteiger partial charge in [0, 0.05) is 44.0 Å². The van der Waals surface area contributed by atoms with Crippen molar-refractivity contribution in [2.75, 3.05) is 35.9 Å². The quantitative estimate of drug-likeness (QED) is 0.280. The van der Waals surface area contributed by atoms with E-state index in [1.54, 1.807) is 12.1 Å². The molecule has 10 heteroatoms. The molecule has 1 aliphatic rings. The molecule has 7 nitrogen and oxygen atoms in total. The second kappa shape index (κ2) is 13.9. The van der Waals surface area contributed by atoms with E-state index < -0.39 is 21.7 Å². The number of halogens is 2. The van der Waals surface area contributed by atoms with E-state index in [1.807, 2.05) is 17.0 Å². The number of hydrogen-bond acceptors (Lipinski definition) is 4. The average Bonchev–Trinajstić information content (AvgIpc) is 2.93. The molecule has 0 bridgehead atoms. The average molecular weight is 585 g/mol. The van der Waals surface area contributed by atoms with Crippen LogP contribution in [0.4, 0.5) is 25.0 Å². The minimum atomic E-state index is -3.29. The highest BCUT2D eigenvalue weighted by Crippen LogP contribution is 2.22. The molecular formula is C31H38F2N4O3S. The van der Waals surface area contributed by atoms with Crippen LogP contribution in [0.3, 0.4) is 0 Å². The maximum absolute atomic E-state index is 14.1. The normalized spacial score (nSPS) is 14.5. The molecule has 1 aliphatic heterocycles. The van der Waals surface area contributed by atoms with Gasteiger partial charge in [0.25, 0.3) is 0 Å². The Kier molecular flexibility index (Phi) is 10.3. The van der Waals surface area contributed by atoms with Crippen LogP contribution in [0.2, 0.25) is 0 Å². The molecule has 2 amide bonds. The fourth-order valence-corrected chi connectivity index (χ4v) is 5.67. The molecule has 3 aromatic carbocycles. The van der Waals surface area contributed by atoms with Crippen LogP contribution in [0.15, 0.2) is 66.7 Å². The van der Waals surface area contributed by atoms with Crippen molar-refractivity contribution in [2.24, 2.45) is 0 Å². The van der Waals surface area contributed by atoms with E-state index in [-0.39, 0.29) is 17.8 Å². The van der Waals surface area contributed by atoms with Crippen LogP contribution in [-0.2, 0) is 23.0 Å². The Morgan fingerprint density at radius 3 is 2.15 bits per heavy atom. The summed E-state index contributed by atoms with van der Waals surface area (Å²) in [5.74, 6) is -1.46. The molecule has 0 aliphatic carbocycles. The molecular weight excluding hydrogens is 546 g/mol. The van der Waals surface area contributed by atoms with Gasteiger partial charge < -0.3 is 10.2 Å². The zero-order valence-corrected chi connectivity index (χ0v) is 24.4. The minimum absolute atomic E-state index is 0.0141. The lowest BCUT2D eigenvalue weighted by Crippen LogP contribution is -2.49. The Balaban J connectivity index is 1.28. The molecule has 1 fully saturated rings. The summed E-state index contributed by atoms with van der Waals surface area (Å²) in [6, 6.07) is 18.8. The minimum Gasteiger partial charge on any atom is -0.321 e. The summed E-state index contributed by atoms with van der Waals surface area (Å²) >= 11 is 0. The van der Waals surface area contributed by atoms with Gasteiger partial charge in [-0.05, 0) is 66.6 Å². The van der Waals surface area contributed by atoms with Gasteiger partial charge in [-0.2, -0.15) is 0 Å². The van der Waals surface area contributed by atoms with Gasteiger partial charge in [0.1, 0.15) is 11.6 Å². The van der Waals surface area contributed by atoms with Crippen LogP contribution in [0.25, 0.3) is 0 Å². The third-order valence-corrected chi connectivity index (χ3v) is 7.89. The summed E-state index contributed by atoms with van der Waals surface area (Å²) in [5, 5.41) is 2.63. The highest BCUT2D eigenvalue weighted by atomic mass is 32.2. The Morgan fingerprint density at radius 1 is 0.951 bits per heavy atom. The topological polar surface area (TPSA) is 81.8 Å². The third-order valence-electron chi connectivity index (χ3n) is 7.28. The summed E-state index contributed by atoms with van der Waals surface area (Å²) in [6.45, 7) is 5.18. The predicted molar refractivity (Wildman–Crippen MR) is 159 cm³/mol. The van der Waals surface area contributed by atoms with Crippen LogP contribution in [0, 0.1) is 11.6 Å². The van der Waals surface area contributed by atoms with Gasteiger partial charge in [-0.1, -0.05) is 49.7 Å². The number of carbonyl (C=O) groups is 1. The van der Waals surface area contributed by atoms with Crippen LogP contribution < -0.4 is 10.0 Å². The van der Waals surface area contributed by atoms with Crippen molar-refractivity contribution >= 4 is 27.4 Å². The van der Waals surface area contributed by atoms with Gasteiger partial charge in [0.2, 0.25) is 10.0 Å². The zero-order valence-electron chi connectivity index (χ0n) is 23.6. The van der Waals surface area contributed by atoms with Crippen molar-refractivity contribution in [1.82, 2.24) is 9.80 Å². The van der Waals surface area contributed by atoms with E-state index in [2.05, 4.69) is 46.1 Å². The summed E-state index contributed by atoms with van der Waals surface area (Å²) in [6.07, 6.45) is 5.33. The Morgan fingerprint density at radius 2 is 1.56 bits per heavy atom. The maximum atomic E-state index is 14.1. The van der Waals surface area contributed by atoms with Crippen LogP contribution in [0.1, 0.15) is 49.3 Å². The molecule has 1 saturated heterocycles.